The van der Waals surface area contributed by atoms with Crippen molar-refractivity contribution >= 4 is 5.78 Å². The average molecular weight is 226 g/mol. The van der Waals surface area contributed by atoms with E-state index < -0.39 is 5.41 Å². The Balaban J connectivity index is 2.61. The highest BCUT2D eigenvalue weighted by Gasteiger charge is 2.39. The second-order valence-electron chi connectivity index (χ2n) is 4.96. The topological polar surface area (TPSA) is 17.1 Å². The summed E-state index contributed by atoms with van der Waals surface area (Å²) in [6, 6.07) is 10.0. The zero-order chi connectivity index (χ0) is 12.6. The molecule has 0 bridgehead atoms. The molecule has 0 amide bonds. The second kappa shape index (κ2) is 3.99. The summed E-state index contributed by atoms with van der Waals surface area (Å²) in [5, 5.41) is 0. The number of Topliss-reactive ketones (excluding diaryl/α,β-unsaturated/α-hetero) is 1. The van der Waals surface area contributed by atoms with Crippen LogP contribution in [0.5, 0.6) is 0 Å². The summed E-state index contributed by atoms with van der Waals surface area (Å²) in [4.78, 5) is 12.6. The molecule has 88 valence electrons. The molecule has 0 fully saturated rings. The Morgan fingerprint density at radius 1 is 1.00 bits per heavy atom. The van der Waals surface area contributed by atoms with Gasteiger partial charge in [0.05, 0.1) is 5.41 Å². The van der Waals surface area contributed by atoms with Gasteiger partial charge in [-0.3, -0.25) is 4.79 Å². The first-order chi connectivity index (χ1) is 7.98. The number of hydrogen-bond donors (Lipinski definition) is 0. The van der Waals surface area contributed by atoms with Gasteiger partial charge < -0.3 is 0 Å². The molecular formula is C16H18O. The first kappa shape index (κ1) is 11.8. The molecule has 1 atom stereocenters. The van der Waals surface area contributed by atoms with Gasteiger partial charge in [-0.1, -0.05) is 42.0 Å². The Morgan fingerprint density at radius 2 is 1.59 bits per heavy atom. The molecule has 0 heterocycles. The maximum absolute atomic E-state index is 12.6. The van der Waals surface area contributed by atoms with Gasteiger partial charge in [0.2, 0.25) is 0 Å². The predicted molar refractivity (Wildman–Crippen MR) is 70.9 cm³/mol. The van der Waals surface area contributed by atoms with Crippen LogP contribution in [0.4, 0.5) is 0 Å². The van der Waals surface area contributed by atoms with E-state index in [0.717, 1.165) is 22.3 Å². The van der Waals surface area contributed by atoms with Crippen LogP contribution in [0.2, 0.25) is 0 Å². The molecule has 1 unspecified atom stereocenters. The zero-order valence-electron chi connectivity index (χ0n) is 10.9. The summed E-state index contributed by atoms with van der Waals surface area (Å²) in [6.45, 7) is 7.98. The van der Waals surface area contributed by atoms with Gasteiger partial charge in [-0.15, -0.1) is 0 Å². The van der Waals surface area contributed by atoms with E-state index >= 15 is 0 Å². The first-order valence-electron chi connectivity index (χ1n) is 5.94. The van der Waals surface area contributed by atoms with Crippen molar-refractivity contribution in [2.24, 2.45) is 0 Å². The Kier molecular flexibility index (Phi) is 2.78. The highest BCUT2D eigenvalue weighted by Crippen LogP contribution is 2.39. The fourth-order valence-corrected chi connectivity index (χ4v) is 2.44. The molecule has 0 aromatic heterocycles. The zero-order valence-corrected chi connectivity index (χ0v) is 10.9. The smallest absolute Gasteiger partial charge is 0.173 e. The predicted octanol–water partition coefficient (Wildman–Crippen LogP) is 3.81. The van der Waals surface area contributed by atoms with Gasteiger partial charge in [0.1, 0.15) is 0 Å². The maximum Gasteiger partial charge on any atom is 0.173 e. The van der Waals surface area contributed by atoms with Gasteiger partial charge in [0.15, 0.2) is 5.78 Å². The van der Waals surface area contributed by atoms with Crippen LogP contribution in [-0.4, -0.2) is 5.78 Å². The molecule has 1 aromatic carbocycles. The van der Waals surface area contributed by atoms with Gasteiger partial charge in [0.25, 0.3) is 0 Å². The summed E-state index contributed by atoms with van der Waals surface area (Å²) in [7, 11) is 0. The SMILES string of the molecule is CC1=CC(C)=C(C)C(=O)C1(C)c1ccccc1. The molecule has 1 aliphatic carbocycles. The van der Waals surface area contributed by atoms with Crippen LogP contribution in [0.25, 0.3) is 0 Å². The highest BCUT2D eigenvalue weighted by atomic mass is 16.1. The number of rotatable bonds is 1. The van der Waals surface area contributed by atoms with Crippen LogP contribution < -0.4 is 0 Å². The van der Waals surface area contributed by atoms with E-state index in [1.807, 2.05) is 58.0 Å². The van der Waals surface area contributed by atoms with Crippen molar-refractivity contribution in [1.29, 1.82) is 0 Å². The summed E-state index contributed by atoms with van der Waals surface area (Å²) in [5.74, 6) is 0.223. The molecule has 1 nitrogen and oxygen atoms in total. The Morgan fingerprint density at radius 3 is 2.18 bits per heavy atom. The number of carbonyl (C=O) groups excluding carboxylic acids is 1. The Labute approximate surface area is 103 Å². The van der Waals surface area contributed by atoms with Crippen LogP contribution >= 0.6 is 0 Å². The minimum absolute atomic E-state index is 0.223. The number of allylic oxidation sites excluding steroid dienone is 4. The van der Waals surface area contributed by atoms with Crippen LogP contribution in [0.1, 0.15) is 33.3 Å². The fourth-order valence-electron chi connectivity index (χ4n) is 2.44. The highest BCUT2D eigenvalue weighted by molar-refractivity contribution is 6.07. The quantitative estimate of drug-likeness (QED) is 0.711. The standard InChI is InChI=1S/C16H18O/c1-11-10-12(2)16(4,15(17)13(11)3)14-8-6-5-7-9-14/h5-10H,1-4H3. The minimum atomic E-state index is -0.495. The van der Waals surface area contributed by atoms with Crippen molar-refractivity contribution in [3.05, 3.63) is 58.7 Å². The van der Waals surface area contributed by atoms with E-state index in [9.17, 15) is 4.79 Å². The Bertz CT molecular complexity index is 516. The van der Waals surface area contributed by atoms with Gasteiger partial charge in [0, 0.05) is 0 Å². The third kappa shape index (κ3) is 1.66. The van der Waals surface area contributed by atoms with Crippen molar-refractivity contribution in [2.45, 2.75) is 33.1 Å². The molecule has 1 aliphatic rings. The normalized spacial score (nSPS) is 24.9. The van der Waals surface area contributed by atoms with Crippen molar-refractivity contribution < 1.29 is 4.79 Å². The lowest BCUT2D eigenvalue weighted by atomic mass is 9.67. The third-order valence-corrected chi connectivity index (χ3v) is 3.96. The summed E-state index contributed by atoms with van der Waals surface area (Å²) in [6.07, 6.45) is 2.13. The van der Waals surface area contributed by atoms with E-state index in [-0.39, 0.29) is 5.78 Å². The summed E-state index contributed by atoms with van der Waals surface area (Å²) < 4.78 is 0. The number of benzene rings is 1. The minimum Gasteiger partial charge on any atom is -0.293 e. The van der Waals surface area contributed by atoms with E-state index in [1.54, 1.807) is 0 Å². The van der Waals surface area contributed by atoms with E-state index in [1.165, 1.54) is 0 Å². The second-order valence-corrected chi connectivity index (χ2v) is 4.96. The van der Waals surface area contributed by atoms with Crippen LogP contribution in [-0.2, 0) is 10.2 Å². The summed E-state index contributed by atoms with van der Waals surface area (Å²) >= 11 is 0. The van der Waals surface area contributed by atoms with Gasteiger partial charge >= 0.3 is 0 Å². The number of carbonyl (C=O) groups is 1. The first-order valence-corrected chi connectivity index (χ1v) is 5.94. The lowest BCUT2D eigenvalue weighted by molar-refractivity contribution is -0.119. The van der Waals surface area contributed by atoms with Crippen molar-refractivity contribution in [1.82, 2.24) is 0 Å². The molecule has 2 rings (SSSR count). The lowest BCUT2D eigenvalue weighted by Gasteiger charge is -2.34. The molecule has 0 saturated heterocycles. The van der Waals surface area contributed by atoms with E-state index in [0.29, 0.717) is 0 Å². The molecule has 0 radical (unpaired) electrons. The molecule has 1 heteroatoms. The largest absolute Gasteiger partial charge is 0.293 e. The van der Waals surface area contributed by atoms with E-state index in [2.05, 4.69) is 6.08 Å². The molecule has 0 spiro atoms. The van der Waals surface area contributed by atoms with Gasteiger partial charge in [-0.2, -0.15) is 0 Å². The van der Waals surface area contributed by atoms with Crippen LogP contribution in [0.15, 0.2) is 53.1 Å². The van der Waals surface area contributed by atoms with Crippen molar-refractivity contribution in [3.8, 4) is 0 Å². The molecule has 17 heavy (non-hydrogen) atoms. The van der Waals surface area contributed by atoms with Crippen molar-refractivity contribution in [3.63, 3.8) is 0 Å². The lowest BCUT2D eigenvalue weighted by Crippen LogP contribution is -2.37. The van der Waals surface area contributed by atoms with Crippen molar-refractivity contribution in [2.75, 3.05) is 0 Å². The van der Waals surface area contributed by atoms with Crippen LogP contribution in [0, 0.1) is 0 Å². The summed E-state index contributed by atoms with van der Waals surface area (Å²) in [5.41, 5.74) is 3.66. The third-order valence-electron chi connectivity index (χ3n) is 3.96. The van der Waals surface area contributed by atoms with E-state index in [4.69, 9.17) is 0 Å². The Hall–Kier alpha value is -1.63. The fraction of sp³-hybridized carbons (Fsp3) is 0.312. The van der Waals surface area contributed by atoms with Gasteiger partial charge in [-0.25, -0.2) is 0 Å². The van der Waals surface area contributed by atoms with Crippen LogP contribution in [0.3, 0.4) is 0 Å². The molecular weight excluding hydrogens is 208 g/mol. The maximum atomic E-state index is 12.6. The number of ketones is 1. The molecule has 0 N–H and O–H groups in total. The molecule has 0 aliphatic heterocycles. The monoisotopic (exact) mass is 226 g/mol. The molecule has 1 aromatic rings. The number of hydrogen-bond acceptors (Lipinski definition) is 1. The van der Waals surface area contributed by atoms with Gasteiger partial charge in [-0.05, 0) is 44.4 Å². The average Bonchev–Trinajstić information content (AvgIpc) is 2.35. The molecule has 0 saturated carbocycles.